The summed E-state index contributed by atoms with van der Waals surface area (Å²) in [6, 6.07) is 1.71. The number of carbonyl (C=O) groups is 1. The number of rotatable bonds is 3. The molecule has 0 aliphatic heterocycles. The summed E-state index contributed by atoms with van der Waals surface area (Å²) in [4.78, 5) is 11.7. The summed E-state index contributed by atoms with van der Waals surface area (Å²) in [5.74, 6) is 0.877. The van der Waals surface area contributed by atoms with Crippen molar-refractivity contribution in [1.82, 2.24) is 10.5 Å². The van der Waals surface area contributed by atoms with E-state index in [1.807, 2.05) is 20.8 Å². The average Bonchev–Trinajstić information content (AvgIpc) is 2.70. The highest BCUT2D eigenvalue weighted by molar-refractivity contribution is 5.92. The van der Waals surface area contributed by atoms with Crippen LogP contribution < -0.4 is 5.32 Å². The van der Waals surface area contributed by atoms with Gasteiger partial charge in [-0.15, -0.1) is 0 Å². The Morgan fingerprint density at radius 1 is 1.60 bits per heavy atom. The normalized spacial score (nSPS) is 17.9. The molecule has 1 aromatic rings. The molecule has 1 amide bonds. The van der Waals surface area contributed by atoms with Crippen LogP contribution in [0.2, 0.25) is 0 Å². The fourth-order valence-electron chi connectivity index (χ4n) is 1.32. The van der Waals surface area contributed by atoms with Crippen LogP contribution in [0.4, 0.5) is 0 Å². The van der Waals surface area contributed by atoms with Crippen LogP contribution in [0, 0.1) is 0 Å². The molecular formula is C11H16N2O2. The summed E-state index contributed by atoms with van der Waals surface area (Å²) in [6.07, 6.45) is 2.10. The van der Waals surface area contributed by atoms with E-state index in [0.29, 0.717) is 5.69 Å². The predicted molar refractivity (Wildman–Crippen MR) is 55.7 cm³/mol. The van der Waals surface area contributed by atoms with Gasteiger partial charge in [-0.05, 0) is 19.8 Å². The molecule has 82 valence electrons. The molecule has 1 aliphatic carbocycles. The molecule has 1 aliphatic rings. The lowest BCUT2D eigenvalue weighted by Crippen LogP contribution is -2.34. The monoisotopic (exact) mass is 208 g/mol. The van der Waals surface area contributed by atoms with Crippen molar-refractivity contribution in [2.24, 2.45) is 0 Å². The number of nitrogens with zero attached hydrogens (tertiary/aromatic N) is 1. The summed E-state index contributed by atoms with van der Waals surface area (Å²) >= 11 is 0. The van der Waals surface area contributed by atoms with Crippen molar-refractivity contribution < 1.29 is 9.32 Å². The van der Waals surface area contributed by atoms with Gasteiger partial charge < -0.3 is 9.84 Å². The van der Waals surface area contributed by atoms with Gasteiger partial charge in [-0.2, -0.15) is 0 Å². The van der Waals surface area contributed by atoms with E-state index < -0.39 is 0 Å². The highest BCUT2D eigenvalue weighted by atomic mass is 16.5. The third kappa shape index (κ3) is 2.19. The van der Waals surface area contributed by atoms with Crippen molar-refractivity contribution in [3.63, 3.8) is 0 Å². The molecule has 4 nitrogen and oxygen atoms in total. The Morgan fingerprint density at radius 2 is 2.27 bits per heavy atom. The molecule has 0 saturated heterocycles. The standard InChI is InChI=1S/C11H16N2O2/c1-7(2)9-6-8(13-15-9)10(14)12-11(3)4-5-11/h6-7H,4-5H2,1-3H3,(H,12,14). The van der Waals surface area contributed by atoms with Gasteiger partial charge in [0.1, 0.15) is 5.76 Å². The lowest BCUT2D eigenvalue weighted by Gasteiger charge is -2.08. The summed E-state index contributed by atoms with van der Waals surface area (Å²) < 4.78 is 5.07. The first-order chi connectivity index (χ1) is 7.00. The van der Waals surface area contributed by atoms with Crippen LogP contribution in [-0.2, 0) is 0 Å². The largest absolute Gasteiger partial charge is 0.360 e. The summed E-state index contributed by atoms with van der Waals surface area (Å²) in [5, 5.41) is 6.70. The Kier molecular flexibility index (Phi) is 2.29. The molecule has 0 atom stereocenters. The number of carbonyl (C=O) groups excluding carboxylic acids is 1. The van der Waals surface area contributed by atoms with Crippen molar-refractivity contribution in [1.29, 1.82) is 0 Å². The van der Waals surface area contributed by atoms with E-state index in [9.17, 15) is 4.79 Å². The molecule has 1 saturated carbocycles. The maximum Gasteiger partial charge on any atom is 0.273 e. The highest BCUT2D eigenvalue weighted by Crippen LogP contribution is 2.34. The number of nitrogens with one attached hydrogen (secondary N) is 1. The predicted octanol–water partition coefficient (Wildman–Crippen LogP) is 2.08. The number of hydrogen-bond acceptors (Lipinski definition) is 3. The van der Waals surface area contributed by atoms with Gasteiger partial charge >= 0.3 is 0 Å². The van der Waals surface area contributed by atoms with Gasteiger partial charge in [0, 0.05) is 17.5 Å². The third-order valence-electron chi connectivity index (χ3n) is 2.75. The summed E-state index contributed by atoms with van der Waals surface area (Å²) in [7, 11) is 0. The van der Waals surface area contributed by atoms with Crippen LogP contribution in [0.25, 0.3) is 0 Å². The van der Waals surface area contributed by atoms with Gasteiger partial charge in [0.05, 0.1) is 0 Å². The van der Waals surface area contributed by atoms with Crippen LogP contribution in [0.3, 0.4) is 0 Å². The minimum absolute atomic E-state index is 0.00593. The smallest absolute Gasteiger partial charge is 0.273 e. The maximum atomic E-state index is 11.7. The molecule has 2 rings (SSSR count). The van der Waals surface area contributed by atoms with Crippen LogP contribution in [-0.4, -0.2) is 16.6 Å². The van der Waals surface area contributed by atoms with Gasteiger partial charge in [0.15, 0.2) is 5.69 Å². The molecule has 0 aromatic carbocycles. The quantitative estimate of drug-likeness (QED) is 0.827. The highest BCUT2D eigenvalue weighted by Gasteiger charge is 2.39. The van der Waals surface area contributed by atoms with E-state index in [1.165, 1.54) is 0 Å². The van der Waals surface area contributed by atoms with Crippen LogP contribution >= 0.6 is 0 Å². The minimum atomic E-state index is -0.134. The van der Waals surface area contributed by atoms with Gasteiger partial charge in [-0.3, -0.25) is 4.79 Å². The van der Waals surface area contributed by atoms with E-state index in [4.69, 9.17) is 4.52 Å². The van der Waals surface area contributed by atoms with Gasteiger partial charge in [0.25, 0.3) is 5.91 Å². The fraction of sp³-hybridized carbons (Fsp3) is 0.636. The molecule has 1 heterocycles. The molecule has 4 heteroatoms. The molecule has 0 spiro atoms. The molecule has 1 fully saturated rings. The minimum Gasteiger partial charge on any atom is -0.360 e. The second-order valence-corrected chi connectivity index (χ2v) is 4.78. The fourth-order valence-corrected chi connectivity index (χ4v) is 1.32. The summed E-state index contributed by atoms with van der Waals surface area (Å²) in [5.41, 5.74) is 0.375. The maximum absolute atomic E-state index is 11.7. The second kappa shape index (κ2) is 3.36. The van der Waals surface area contributed by atoms with E-state index in [1.54, 1.807) is 6.07 Å². The zero-order valence-electron chi connectivity index (χ0n) is 9.33. The Balaban J connectivity index is 2.05. The molecule has 1 aromatic heterocycles. The van der Waals surface area contributed by atoms with Crippen molar-refractivity contribution >= 4 is 5.91 Å². The summed E-state index contributed by atoms with van der Waals surface area (Å²) in [6.45, 7) is 6.04. The van der Waals surface area contributed by atoms with E-state index >= 15 is 0 Å². The Bertz CT molecular complexity index is 378. The zero-order valence-corrected chi connectivity index (χ0v) is 9.33. The van der Waals surface area contributed by atoms with Crippen LogP contribution in [0.5, 0.6) is 0 Å². The Labute approximate surface area is 89.0 Å². The van der Waals surface area contributed by atoms with Crippen LogP contribution in [0.15, 0.2) is 10.6 Å². The molecule has 0 bridgehead atoms. The van der Waals surface area contributed by atoms with Gasteiger partial charge in [-0.1, -0.05) is 19.0 Å². The van der Waals surface area contributed by atoms with E-state index in [-0.39, 0.29) is 17.4 Å². The first-order valence-corrected chi connectivity index (χ1v) is 5.29. The lowest BCUT2D eigenvalue weighted by atomic mass is 10.1. The Hall–Kier alpha value is -1.32. The topological polar surface area (TPSA) is 55.1 Å². The molecule has 0 radical (unpaired) electrons. The molecule has 15 heavy (non-hydrogen) atoms. The average molecular weight is 208 g/mol. The SMILES string of the molecule is CC(C)c1cc(C(=O)NC2(C)CC2)no1. The van der Waals surface area contributed by atoms with Gasteiger partial charge in [-0.25, -0.2) is 0 Å². The van der Waals surface area contributed by atoms with Gasteiger partial charge in [0.2, 0.25) is 0 Å². The first kappa shape index (κ1) is 10.2. The van der Waals surface area contributed by atoms with Crippen molar-refractivity contribution in [3.8, 4) is 0 Å². The molecule has 0 unspecified atom stereocenters. The van der Waals surface area contributed by atoms with Crippen molar-refractivity contribution in [2.45, 2.75) is 45.1 Å². The number of amides is 1. The molecular weight excluding hydrogens is 192 g/mol. The van der Waals surface area contributed by atoms with Crippen LogP contribution in [0.1, 0.15) is 55.8 Å². The lowest BCUT2D eigenvalue weighted by molar-refractivity contribution is 0.0926. The Morgan fingerprint density at radius 3 is 2.73 bits per heavy atom. The third-order valence-corrected chi connectivity index (χ3v) is 2.75. The number of aromatic nitrogens is 1. The van der Waals surface area contributed by atoms with E-state index in [2.05, 4.69) is 10.5 Å². The second-order valence-electron chi connectivity index (χ2n) is 4.78. The molecule has 1 N–H and O–H groups in total. The van der Waals surface area contributed by atoms with Crippen molar-refractivity contribution in [2.75, 3.05) is 0 Å². The van der Waals surface area contributed by atoms with Crippen molar-refractivity contribution in [3.05, 3.63) is 17.5 Å². The first-order valence-electron chi connectivity index (χ1n) is 5.29. The zero-order chi connectivity index (χ0) is 11.1. The van der Waals surface area contributed by atoms with E-state index in [0.717, 1.165) is 18.6 Å². The number of hydrogen-bond donors (Lipinski definition) is 1.